The van der Waals surface area contributed by atoms with Crippen molar-refractivity contribution in [2.45, 2.75) is 19.3 Å². The Morgan fingerprint density at radius 1 is 0.938 bits per heavy atom. The fourth-order valence-corrected chi connectivity index (χ4v) is 3.97. The van der Waals surface area contributed by atoms with Gasteiger partial charge in [-0.25, -0.2) is 14.4 Å². The summed E-state index contributed by atoms with van der Waals surface area (Å²) in [6, 6.07) is 20.8. The smallest absolute Gasteiger partial charge is 0.230 e. The third kappa shape index (κ3) is 3.95. The monoisotopic (exact) mass is 425 g/mol. The van der Waals surface area contributed by atoms with E-state index in [9.17, 15) is 14.3 Å². The van der Waals surface area contributed by atoms with Gasteiger partial charge in [0.25, 0.3) is 0 Å². The summed E-state index contributed by atoms with van der Waals surface area (Å²) >= 11 is 0. The van der Waals surface area contributed by atoms with E-state index >= 15 is 0 Å². The first-order valence-corrected chi connectivity index (χ1v) is 10.4. The number of carbonyl (C=O) groups is 1. The van der Waals surface area contributed by atoms with Gasteiger partial charge in [0.1, 0.15) is 17.3 Å². The number of phenols is 1. The molecule has 0 unspecified atom stereocenters. The molecule has 0 aliphatic heterocycles. The van der Waals surface area contributed by atoms with Gasteiger partial charge in [-0.3, -0.25) is 4.79 Å². The van der Waals surface area contributed by atoms with E-state index in [0.29, 0.717) is 24.4 Å². The van der Waals surface area contributed by atoms with Gasteiger partial charge in [0.05, 0.1) is 17.8 Å². The molecule has 0 bridgehead atoms. The molecule has 1 heterocycles. The second-order valence-electron chi connectivity index (χ2n) is 7.78. The molecule has 4 aromatic rings. The summed E-state index contributed by atoms with van der Waals surface area (Å²) in [5, 5.41) is 12.4. The first-order valence-electron chi connectivity index (χ1n) is 10.4. The van der Waals surface area contributed by atoms with Crippen LogP contribution < -0.4 is 5.32 Å². The highest BCUT2D eigenvalue weighted by atomic mass is 19.1. The molecule has 0 fully saturated rings. The highest BCUT2D eigenvalue weighted by molar-refractivity contribution is 5.95. The van der Waals surface area contributed by atoms with Crippen LogP contribution in [0.2, 0.25) is 0 Å². The van der Waals surface area contributed by atoms with Crippen molar-refractivity contribution in [3.63, 3.8) is 0 Å². The van der Waals surface area contributed by atoms with Gasteiger partial charge in [0, 0.05) is 11.1 Å². The zero-order valence-corrected chi connectivity index (χ0v) is 17.2. The number of hydrogen-bond donors (Lipinski definition) is 2. The van der Waals surface area contributed by atoms with E-state index < -0.39 is 0 Å². The van der Waals surface area contributed by atoms with Gasteiger partial charge in [0.2, 0.25) is 5.91 Å². The Morgan fingerprint density at radius 3 is 2.50 bits per heavy atom. The molecule has 0 spiro atoms. The Bertz CT molecular complexity index is 1300. The third-order valence-electron chi connectivity index (χ3n) is 5.53. The number of carbonyl (C=O) groups excluding carboxylic acids is 1. The van der Waals surface area contributed by atoms with Crippen LogP contribution in [-0.4, -0.2) is 21.0 Å². The van der Waals surface area contributed by atoms with Crippen LogP contribution in [0.25, 0.3) is 22.5 Å². The van der Waals surface area contributed by atoms with Crippen molar-refractivity contribution in [1.82, 2.24) is 9.97 Å². The van der Waals surface area contributed by atoms with Crippen LogP contribution in [0.15, 0.2) is 72.8 Å². The van der Waals surface area contributed by atoms with Crippen molar-refractivity contribution in [3.05, 3.63) is 95.4 Å². The van der Waals surface area contributed by atoms with E-state index in [2.05, 4.69) is 5.32 Å². The van der Waals surface area contributed by atoms with Crippen LogP contribution in [0.4, 0.5) is 10.2 Å². The standard InChI is InChI=1S/C26H20FN3O2/c27-19-9-12-21-18(15-19)8-13-22-25(21)30-24(17-4-2-1-3-5-17)26(28-22)29-23(32)14-16-6-10-20(31)11-7-16/h1-7,9-12,15,31H,8,13-14H2,(H,28,29,32). The van der Waals surface area contributed by atoms with Crippen LogP contribution in [0, 0.1) is 5.82 Å². The maximum atomic E-state index is 13.7. The Labute approximate surface area is 184 Å². The fourth-order valence-electron chi connectivity index (χ4n) is 3.97. The largest absolute Gasteiger partial charge is 0.508 e. The topological polar surface area (TPSA) is 75.1 Å². The average Bonchev–Trinajstić information content (AvgIpc) is 2.80. The number of hydrogen-bond acceptors (Lipinski definition) is 4. The second kappa shape index (κ2) is 8.23. The first-order chi connectivity index (χ1) is 15.6. The van der Waals surface area contributed by atoms with E-state index in [0.717, 1.165) is 33.6 Å². The number of aromatic nitrogens is 2. The molecule has 5 nitrogen and oxygen atoms in total. The normalized spacial score (nSPS) is 12.0. The lowest BCUT2D eigenvalue weighted by molar-refractivity contribution is -0.115. The van der Waals surface area contributed by atoms with Gasteiger partial charge >= 0.3 is 0 Å². The molecule has 3 aromatic carbocycles. The molecule has 5 rings (SSSR count). The van der Waals surface area contributed by atoms with E-state index in [4.69, 9.17) is 9.97 Å². The SMILES string of the molecule is O=C(Cc1ccc(O)cc1)Nc1nc2c(nc1-c1ccccc1)-c1ccc(F)cc1CC2. The quantitative estimate of drug-likeness (QED) is 0.486. The molecular weight excluding hydrogens is 405 g/mol. The van der Waals surface area contributed by atoms with Gasteiger partial charge in [-0.15, -0.1) is 0 Å². The molecule has 158 valence electrons. The maximum Gasteiger partial charge on any atom is 0.230 e. The summed E-state index contributed by atoms with van der Waals surface area (Å²) < 4.78 is 13.7. The summed E-state index contributed by atoms with van der Waals surface area (Å²) in [6.45, 7) is 0. The Hall–Kier alpha value is -4.06. The molecule has 1 aromatic heterocycles. The van der Waals surface area contributed by atoms with Gasteiger partial charge in [-0.1, -0.05) is 42.5 Å². The van der Waals surface area contributed by atoms with E-state index in [1.165, 1.54) is 6.07 Å². The number of aromatic hydroxyl groups is 1. The van der Waals surface area contributed by atoms with Crippen LogP contribution in [0.3, 0.4) is 0 Å². The first kappa shape index (κ1) is 19.9. The van der Waals surface area contributed by atoms with Crippen molar-refractivity contribution in [3.8, 4) is 28.3 Å². The third-order valence-corrected chi connectivity index (χ3v) is 5.53. The van der Waals surface area contributed by atoms with Crippen molar-refractivity contribution in [2.24, 2.45) is 0 Å². The number of nitrogens with zero attached hydrogens (tertiary/aromatic N) is 2. The van der Waals surface area contributed by atoms with Gasteiger partial charge < -0.3 is 10.4 Å². The molecule has 32 heavy (non-hydrogen) atoms. The molecule has 1 aliphatic rings. The minimum Gasteiger partial charge on any atom is -0.508 e. The van der Waals surface area contributed by atoms with Crippen molar-refractivity contribution < 1.29 is 14.3 Å². The minimum atomic E-state index is -0.262. The van der Waals surface area contributed by atoms with Crippen molar-refractivity contribution in [2.75, 3.05) is 5.32 Å². The highest BCUT2D eigenvalue weighted by Crippen LogP contribution is 2.36. The fraction of sp³-hybridized carbons (Fsp3) is 0.115. The van der Waals surface area contributed by atoms with Crippen molar-refractivity contribution in [1.29, 1.82) is 0 Å². The van der Waals surface area contributed by atoms with E-state index in [1.807, 2.05) is 30.3 Å². The lowest BCUT2D eigenvalue weighted by atomic mass is 9.91. The summed E-state index contributed by atoms with van der Waals surface area (Å²) in [5.41, 5.74) is 5.47. The Balaban J connectivity index is 1.54. The molecular formula is C26H20FN3O2. The molecule has 1 amide bonds. The van der Waals surface area contributed by atoms with Crippen LogP contribution in [0.1, 0.15) is 16.8 Å². The molecule has 2 N–H and O–H groups in total. The van der Waals surface area contributed by atoms with Gasteiger partial charge in [0.15, 0.2) is 5.82 Å². The molecule has 0 saturated heterocycles. The Morgan fingerprint density at radius 2 is 1.72 bits per heavy atom. The average molecular weight is 425 g/mol. The number of phenolic OH excluding ortho intramolecular Hbond substituents is 1. The van der Waals surface area contributed by atoms with Crippen molar-refractivity contribution >= 4 is 11.7 Å². The number of benzene rings is 3. The second-order valence-corrected chi connectivity index (χ2v) is 7.78. The number of rotatable bonds is 4. The summed E-state index contributed by atoms with van der Waals surface area (Å²) in [4.78, 5) is 22.4. The molecule has 0 radical (unpaired) electrons. The molecule has 0 saturated carbocycles. The van der Waals surface area contributed by atoms with Gasteiger partial charge in [-0.2, -0.15) is 0 Å². The lowest BCUT2D eigenvalue weighted by Gasteiger charge is -2.21. The number of nitrogens with one attached hydrogen (secondary N) is 1. The summed E-state index contributed by atoms with van der Waals surface area (Å²) in [5.74, 6) is 0.0764. The number of aryl methyl sites for hydroxylation is 2. The number of fused-ring (bicyclic) bond motifs is 3. The predicted octanol–water partition coefficient (Wildman–Crippen LogP) is 4.94. The zero-order chi connectivity index (χ0) is 22.1. The number of halogens is 1. The van der Waals surface area contributed by atoms with Gasteiger partial charge in [-0.05, 0) is 54.3 Å². The van der Waals surface area contributed by atoms with Crippen LogP contribution in [-0.2, 0) is 24.1 Å². The lowest BCUT2D eigenvalue weighted by Crippen LogP contribution is -2.18. The van der Waals surface area contributed by atoms with E-state index in [-0.39, 0.29) is 23.9 Å². The predicted molar refractivity (Wildman–Crippen MR) is 121 cm³/mol. The highest BCUT2D eigenvalue weighted by Gasteiger charge is 2.23. The van der Waals surface area contributed by atoms with E-state index in [1.54, 1.807) is 36.4 Å². The number of anilines is 1. The van der Waals surface area contributed by atoms with Crippen LogP contribution in [0.5, 0.6) is 5.75 Å². The minimum absolute atomic E-state index is 0.148. The number of amides is 1. The summed E-state index contributed by atoms with van der Waals surface area (Å²) in [6.07, 6.45) is 1.43. The Kier molecular flexibility index (Phi) is 5.11. The summed E-state index contributed by atoms with van der Waals surface area (Å²) in [7, 11) is 0. The maximum absolute atomic E-state index is 13.7. The molecule has 6 heteroatoms. The molecule has 0 atom stereocenters. The zero-order valence-electron chi connectivity index (χ0n) is 17.2. The van der Waals surface area contributed by atoms with Crippen LogP contribution >= 0.6 is 0 Å². The molecule has 1 aliphatic carbocycles.